The summed E-state index contributed by atoms with van der Waals surface area (Å²) in [6.45, 7) is 6.11. The lowest BCUT2D eigenvalue weighted by atomic mass is 9.76. The quantitative estimate of drug-likeness (QED) is 0.751. The molecule has 3 nitrogen and oxygen atoms in total. The largest absolute Gasteiger partial charge is 0.240 e. The summed E-state index contributed by atoms with van der Waals surface area (Å²) >= 11 is 0. The normalized spacial score (nSPS) is 37.8. The van der Waals surface area contributed by atoms with E-state index in [1.807, 2.05) is 0 Å². The molecule has 0 radical (unpaired) electrons. The van der Waals surface area contributed by atoms with Gasteiger partial charge in [0.1, 0.15) is 9.92 Å². The second-order valence-corrected chi connectivity index (χ2v) is 6.76. The molecule has 0 aromatic carbocycles. The van der Waals surface area contributed by atoms with Crippen LogP contribution in [0.2, 0.25) is 0 Å². The molecule has 84 valence electrons. The molecular formula is C10H22N2OS. The van der Waals surface area contributed by atoms with Gasteiger partial charge in [0, 0.05) is 11.3 Å². The number of rotatable bonds is 3. The molecule has 0 spiro atoms. The third-order valence-corrected chi connectivity index (χ3v) is 5.08. The molecule has 0 saturated heterocycles. The monoisotopic (exact) mass is 218 g/mol. The fourth-order valence-corrected chi connectivity index (χ4v) is 3.31. The second kappa shape index (κ2) is 4.19. The van der Waals surface area contributed by atoms with Crippen molar-refractivity contribution in [3.63, 3.8) is 0 Å². The van der Waals surface area contributed by atoms with E-state index < -0.39 is 9.92 Å². The van der Waals surface area contributed by atoms with Crippen molar-refractivity contribution < 1.29 is 4.21 Å². The summed E-state index contributed by atoms with van der Waals surface area (Å²) < 4.78 is 22.4. The smallest absolute Gasteiger partial charge is 0.105 e. The molecule has 3 atom stereocenters. The first-order valence-electron chi connectivity index (χ1n) is 5.45. The molecule has 14 heavy (non-hydrogen) atoms. The van der Waals surface area contributed by atoms with Crippen molar-refractivity contribution in [2.24, 2.45) is 5.92 Å². The Kier molecular flexibility index (Phi) is 3.58. The van der Waals surface area contributed by atoms with Gasteiger partial charge in [-0.2, -0.15) is 0 Å². The van der Waals surface area contributed by atoms with Gasteiger partial charge in [-0.1, -0.05) is 26.7 Å². The highest BCUT2D eigenvalue weighted by molar-refractivity contribution is 7.90. The van der Waals surface area contributed by atoms with Gasteiger partial charge in [0.15, 0.2) is 0 Å². The summed E-state index contributed by atoms with van der Waals surface area (Å²) in [5, 5.41) is 0. The maximum absolute atomic E-state index is 11.7. The van der Waals surface area contributed by atoms with E-state index in [0.29, 0.717) is 11.7 Å². The Hall–Kier alpha value is -0.0900. The van der Waals surface area contributed by atoms with Crippen LogP contribution < -0.4 is 4.72 Å². The van der Waals surface area contributed by atoms with Gasteiger partial charge in [-0.3, -0.25) is 0 Å². The van der Waals surface area contributed by atoms with Gasteiger partial charge < -0.3 is 0 Å². The van der Waals surface area contributed by atoms with Gasteiger partial charge in [-0.15, -0.1) is 0 Å². The Morgan fingerprint density at radius 1 is 1.57 bits per heavy atom. The zero-order valence-corrected chi connectivity index (χ0v) is 10.2. The molecule has 0 bridgehead atoms. The minimum absolute atomic E-state index is 0.0902. The summed E-state index contributed by atoms with van der Waals surface area (Å²) in [6, 6.07) is 0. The van der Waals surface area contributed by atoms with Crippen LogP contribution in [0.5, 0.6) is 0 Å². The third kappa shape index (κ3) is 2.70. The summed E-state index contributed by atoms with van der Waals surface area (Å²) in [5.74, 6) is 0.920. The van der Waals surface area contributed by atoms with Crippen LogP contribution in [-0.2, 0) is 9.92 Å². The van der Waals surface area contributed by atoms with Crippen LogP contribution in [0.3, 0.4) is 0 Å². The average molecular weight is 218 g/mol. The first kappa shape index (κ1) is 12.0. The molecule has 1 saturated carbocycles. The van der Waals surface area contributed by atoms with E-state index in [2.05, 4.69) is 18.6 Å². The predicted molar refractivity (Wildman–Crippen MR) is 60.6 cm³/mol. The van der Waals surface area contributed by atoms with Crippen LogP contribution in [0.15, 0.2) is 0 Å². The highest BCUT2D eigenvalue weighted by Crippen LogP contribution is 2.33. The van der Waals surface area contributed by atoms with Crippen molar-refractivity contribution in [3.05, 3.63) is 0 Å². The average Bonchev–Trinajstić information content (AvgIpc) is 2.10. The molecule has 0 amide bonds. The number of hydrogen-bond acceptors (Lipinski definition) is 2. The molecule has 1 fully saturated rings. The van der Waals surface area contributed by atoms with Crippen LogP contribution in [0.4, 0.5) is 0 Å². The Labute approximate surface area is 87.8 Å². The first-order valence-corrected chi connectivity index (χ1v) is 7.18. The molecule has 0 aromatic rings. The highest BCUT2D eigenvalue weighted by Gasteiger charge is 2.35. The van der Waals surface area contributed by atoms with E-state index in [4.69, 9.17) is 4.78 Å². The lowest BCUT2D eigenvalue weighted by Gasteiger charge is -2.40. The number of hydrogen-bond donors (Lipinski definition) is 2. The SMILES string of the molecule is CCS(=N)(=O)NC1(C)CCCCC1C. The van der Waals surface area contributed by atoms with E-state index in [1.165, 1.54) is 19.3 Å². The van der Waals surface area contributed by atoms with Gasteiger partial charge in [0.05, 0.1) is 0 Å². The van der Waals surface area contributed by atoms with Crippen LogP contribution in [-0.4, -0.2) is 15.5 Å². The lowest BCUT2D eigenvalue weighted by Crippen LogP contribution is -2.52. The first-order chi connectivity index (χ1) is 6.40. The topological polar surface area (TPSA) is 53.0 Å². The number of nitrogens with one attached hydrogen (secondary N) is 2. The van der Waals surface area contributed by atoms with Crippen molar-refractivity contribution >= 4 is 9.92 Å². The van der Waals surface area contributed by atoms with Crippen molar-refractivity contribution in [2.75, 3.05) is 5.75 Å². The standard InChI is InChI=1S/C10H22N2OS/c1-4-14(11,13)12-10(3)8-6-5-7-9(10)2/h9H,4-8H2,1-3H3,(H2,11,12,13). The Bertz CT molecular complexity index is 286. The van der Waals surface area contributed by atoms with Gasteiger partial charge in [-0.25, -0.2) is 13.7 Å². The zero-order chi connectivity index (χ0) is 10.8. The van der Waals surface area contributed by atoms with Crippen molar-refractivity contribution in [3.8, 4) is 0 Å². The molecule has 4 heteroatoms. The molecule has 1 aliphatic rings. The molecule has 1 rings (SSSR count). The minimum Gasteiger partial charge on any atom is -0.240 e. The zero-order valence-electron chi connectivity index (χ0n) is 9.43. The highest BCUT2D eigenvalue weighted by atomic mass is 32.2. The maximum atomic E-state index is 11.7. The molecule has 1 aliphatic carbocycles. The van der Waals surface area contributed by atoms with Gasteiger partial charge in [0.2, 0.25) is 0 Å². The van der Waals surface area contributed by atoms with Crippen molar-refractivity contribution in [1.82, 2.24) is 4.72 Å². The fourth-order valence-electron chi connectivity index (χ4n) is 2.11. The summed E-state index contributed by atoms with van der Waals surface area (Å²) in [5.41, 5.74) is -0.0902. The summed E-state index contributed by atoms with van der Waals surface area (Å²) in [6.07, 6.45) is 4.68. The predicted octanol–water partition coefficient (Wildman–Crippen LogP) is 2.53. The van der Waals surface area contributed by atoms with Crippen LogP contribution in [0.1, 0.15) is 46.5 Å². The minimum atomic E-state index is -2.56. The summed E-state index contributed by atoms with van der Waals surface area (Å²) in [7, 11) is -2.56. The van der Waals surface area contributed by atoms with E-state index in [-0.39, 0.29) is 5.54 Å². The van der Waals surface area contributed by atoms with Gasteiger partial charge >= 0.3 is 0 Å². The lowest BCUT2D eigenvalue weighted by molar-refractivity contribution is 0.206. The molecule has 0 aromatic heterocycles. The van der Waals surface area contributed by atoms with Crippen LogP contribution in [0.25, 0.3) is 0 Å². The van der Waals surface area contributed by atoms with Crippen molar-refractivity contribution in [2.45, 2.75) is 52.0 Å². The Balaban J connectivity index is 2.74. The van der Waals surface area contributed by atoms with E-state index in [1.54, 1.807) is 6.92 Å². The second-order valence-electron chi connectivity index (χ2n) is 4.63. The molecule has 3 unspecified atom stereocenters. The van der Waals surface area contributed by atoms with E-state index >= 15 is 0 Å². The molecular weight excluding hydrogens is 196 g/mol. The van der Waals surface area contributed by atoms with Crippen LogP contribution >= 0.6 is 0 Å². The summed E-state index contributed by atoms with van der Waals surface area (Å²) in [4.78, 5) is 0. The van der Waals surface area contributed by atoms with Gasteiger partial charge in [-0.05, 0) is 25.7 Å². The Morgan fingerprint density at radius 3 is 2.71 bits per heavy atom. The van der Waals surface area contributed by atoms with Crippen molar-refractivity contribution in [1.29, 1.82) is 4.78 Å². The molecule has 0 heterocycles. The molecule has 2 N–H and O–H groups in total. The molecule has 0 aliphatic heterocycles. The van der Waals surface area contributed by atoms with Gasteiger partial charge in [0.25, 0.3) is 0 Å². The van der Waals surface area contributed by atoms with Crippen LogP contribution in [0, 0.1) is 10.7 Å². The fraction of sp³-hybridized carbons (Fsp3) is 1.00. The Morgan fingerprint density at radius 2 is 2.21 bits per heavy atom. The maximum Gasteiger partial charge on any atom is 0.105 e. The van der Waals surface area contributed by atoms with E-state index in [0.717, 1.165) is 6.42 Å². The third-order valence-electron chi connectivity index (χ3n) is 3.48. The van der Waals surface area contributed by atoms with E-state index in [9.17, 15) is 4.21 Å².